The number of anilines is 1. The highest BCUT2D eigenvalue weighted by atomic mass is 14.9. The minimum absolute atomic E-state index is 0.597. The zero-order chi connectivity index (χ0) is 14.4. The van der Waals surface area contributed by atoms with Gasteiger partial charge in [0.2, 0.25) is 0 Å². The van der Waals surface area contributed by atoms with E-state index in [2.05, 4.69) is 23.5 Å². The van der Waals surface area contributed by atoms with Crippen LogP contribution in [0.5, 0.6) is 0 Å². The molecule has 21 heavy (non-hydrogen) atoms. The molecular weight excluding hydrogens is 256 g/mol. The largest absolute Gasteiger partial charge is 0.382 e. The van der Waals surface area contributed by atoms with Crippen LogP contribution in [0.15, 0.2) is 18.2 Å². The molecule has 1 aromatic carbocycles. The van der Waals surface area contributed by atoms with Gasteiger partial charge in [0, 0.05) is 11.7 Å². The lowest BCUT2D eigenvalue weighted by Gasteiger charge is -2.60. The van der Waals surface area contributed by atoms with Crippen molar-refractivity contribution in [2.45, 2.75) is 51.5 Å². The summed E-state index contributed by atoms with van der Waals surface area (Å²) in [6.45, 7) is 2.00. The molecule has 0 aliphatic heterocycles. The predicted octanol–water partition coefficient (Wildman–Crippen LogP) is 4.49. The molecule has 0 spiro atoms. The molecule has 0 aromatic heterocycles. The lowest BCUT2D eigenvalue weighted by atomic mass is 9.45. The second kappa shape index (κ2) is 5.05. The summed E-state index contributed by atoms with van der Waals surface area (Å²) in [7, 11) is 0. The van der Waals surface area contributed by atoms with Gasteiger partial charge in [0.15, 0.2) is 0 Å². The number of nitriles is 1. The maximum Gasteiger partial charge on any atom is 0.0995 e. The molecule has 1 N–H and O–H groups in total. The van der Waals surface area contributed by atoms with Gasteiger partial charge in [-0.2, -0.15) is 5.26 Å². The van der Waals surface area contributed by atoms with Gasteiger partial charge in [-0.25, -0.2) is 0 Å². The van der Waals surface area contributed by atoms with Crippen molar-refractivity contribution in [3.05, 3.63) is 29.3 Å². The van der Waals surface area contributed by atoms with Gasteiger partial charge in [0.05, 0.1) is 11.6 Å². The number of hydrogen-bond acceptors (Lipinski definition) is 2. The molecule has 3 saturated carbocycles. The van der Waals surface area contributed by atoms with Crippen LogP contribution in [-0.4, -0.2) is 6.04 Å². The number of benzene rings is 1. The molecule has 1 aromatic rings. The smallest absolute Gasteiger partial charge is 0.0995 e. The van der Waals surface area contributed by atoms with Crippen LogP contribution in [-0.2, 0) is 0 Å². The Hall–Kier alpha value is -1.49. The molecule has 0 saturated heterocycles. The Bertz CT molecular complexity index is 568. The zero-order valence-electron chi connectivity index (χ0n) is 12.8. The van der Waals surface area contributed by atoms with E-state index in [4.69, 9.17) is 5.26 Å². The molecule has 3 fully saturated rings. The molecule has 4 rings (SSSR count). The number of nitrogens with one attached hydrogen (secondary N) is 1. The van der Waals surface area contributed by atoms with E-state index in [1.165, 1.54) is 38.5 Å². The maximum atomic E-state index is 9.16. The molecule has 5 atom stereocenters. The SMILES string of the molecule is Cc1ccc(NC2CC[C@@H]3CC4C[C@H](CC2)C43)cc1C#N. The molecule has 0 amide bonds. The van der Waals surface area contributed by atoms with Crippen LogP contribution < -0.4 is 5.32 Å². The number of rotatable bonds is 2. The lowest BCUT2D eigenvalue weighted by molar-refractivity contribution is -0.103. The Labute approximate surface area is 127 Å². The summed E-state index contributed by atoms with van der Waals surface area (Å²) in [6, 6.07) is 9.08. The van der Waals surface area contributed by atoms with Crippen LogP contribution in [0, 0.1) is 41.9 Å². The Morgan fingerprint density at radius 2 is 1.76 bits per heavy atom. The topological polar surface area (TPSA) is 35.8 Å². The standard InChI is InChI=1S/C19H24N2/c1-12-2-5-18(10-16(12)11-20)21-17-6-3-13-8-15-9-14(4-7-17)19(13)15/h2,5,10,13-15,17,19,21H,3-4,6-9H2,1H3/t13-,14+,15?,17?,19?. The molecule has 3 unspecified atom stereocenters. The van der Waals surface area contributed by atoms with Crippen molar-refractivity contribution in [2.75, 3.05) is 5.32 Å². The van der Waals surface area contributed by atoms with Gasteiger partial charge in [0.25, 0.3) is 0 Å². The zero-order valence-corrected chi connectivity index (χ0v) is 12.8. The Kier molecular flexibility index (Phi) is 3.17. The van der Waals surface area contributed by atoms with Crippen LogP contribution in [0.25, 0.3) is 0 Å². The fourth-order valence-electron chi connectivity index (χ4n) is 5.07. The summed E-state index contributed by atoms with van der Waals surface area (Å²) in [4.78, 5) is 0. The summed E-state index contributed by atoms with van der Waals surface area (Å²) in [6.07, 6.45) is 8.44. The first-order valence-corrected chi connectivity index (χ1v) is 8.52. The molecular formula is C19H24N2. The van der Waals surface area contributed by atoms with E-state index in [-0.39, 0.29) is 0 Å². The quantitative estimate of drug-likeness (QED) is 0.866. The van der Waals surface area contributed by atoms with Gasteiger partial charge in [-0.05, 0) is 86.8 Å². The van der Waals surface area contributed by atoms with Crippen molar-refractivity contribution in [2.24, 2.45) is 23.7 Å². The first-order valence-electron chi connectivity index (χ1n) is 8.52. The fraction of sp³-hybridized carbons (Fsp3) is 0.632. The highest BCUT2D eigenvalue weighted by molar-refractivity contribution is 5.53. The molecule has 0 radical (unpaired) electrons. The summed E-state index contributed by atoms with van der Waals surface area (Å²) < 4.78 is 0. The highest BCUT2D eigenvalue weighted by Gasteiger charge is 2.53. The van der Waals surface area contributed by atoms with E-state index in [9.17, 15) is 0 Å². The van der Waals surface area contributed by atoms with E-state index in [1.807, 2.05) is 13.0 Å². The Morgan fingerprint density at radius 3 is 2.38 bits per heavy atom. The minimum atomic E-state index is 0.597. The summed E-state index contributed by atoms with van der Waals surface area (Å²) in [5.41, 5.74) is 2.99. The summed E-state index contributed by atoms with van der Waals surface area (Å²) >= 11 is 0. The van der Waals surface area contributed by atoms with Crippen molar-refractivity contribution >= 4 is 5.69 Å². The van der Waals surface area contributed by atoms with Crippen molar-refractivity contribution in [3.63, 3.8) is 0 Å². The monoisotopic (exact) mass is 280 g/mol. The molecule has 3 aliphatic rings. The predicted molar refractivity (Wildman–Crippen MR) is 85.0 cm³/mol. The van der Waals surface area contributed by atoms with Gasteiger partial charge in [0.1, 0.15) is 0 Å². The van der Waals surface area contributed by atoms with Gasteiger partial charge < -0.3 is 5.32 Å². The first-order chi connectivity index (χ1) is 10.2. The minimum Gasteiger partial charge on any atom is -0.382 e. The van der Waals surface area contributed by atoms with Crippen molar-refractivity contribution in [1.82, 2.24) is 0 Å². The first kappa shape index (κ1) is 13.2. The second-order valence-electron chi connectivity index (χ2n) is 7.47. The molecule has 0 bridgehead atoms. The van der Waals surface area contributed by atoms with Gasteiger partial charge in [-0.1, -0.05) is 6.07 Å². The average molecular weight is 280 g/mol. The molecule has 110 valence electrons. The normalized spacial score (nSPS) is 37.0. The summed E-state index contributed by atoms with van der Waals surface area (Å²) in [5, 5.41) is 12.9. The van der Waals surface area contributed by atoms with Crippen LogP contribution in [0.4, 0.5) is 5.69 Å². The Balaban J connectivity index is 1.43. The Morgan fingerprint density at radius 1 is 1.05 bits per heavy atom. The highest BCUT2D eigenvalue weighted by Crippen LogP contribution is 2.61. The third kappa shape index (κ3) is 2.24. The molecule has 0 heterocycles. The van der Waals surface area contributed by atoms with Crippen LogP contribution >= 0.6 is 0 Å². The maximum absolute atomic E-state index is 9.16. The van der Waals surface area contributed by atoms with Crippen molar-refractivity contribution < 1.29 is 0 Å². The molecule has 2 heteroatoms. The van der Waals surface area contributed by atoms with Gasteiger partial charge >= 0.3 is 0 Å². The van der Waals surface area contributed by atoms with E-state index in [0.717, 1.165) is 40.5 Å². The summed E-state index contributed by atoms with van der Waals surface area (Å²) in [5.74, 6) is 4.28. The van der Waals surface area contributed by atoms with Crippen molar-refractivity contribution in [1.29, 1.82) is 5.26 Å². The third-order valence-corrected chi connectivity index (χ3v) is 6.34. The number of aryl methyl sites for hydroxylation is 1. The van der Waals surface area contributed by atoms with E-state index >= 15 is 0 Å². The number of hydrogen-bond donors (Lipinski definition) is 1. The van der Waals surface area contributed by atoms with Crippen molar-refractivity contribution in [3.8, 4) is 6.07 Å². The second-order valence-corrected chi connectivity index (χ2v) is 7.47. The molecule has 2 nitrogen and oxygen atoms in total. The van der Waals surface area contributed by atoms with E-state index in [1.54, 1.807) is 0 Å². The third-order valence-electron chi connectivity index (χ3n) is 6.34. The lowest BCUT2D eigenvalue weighted by Crippen LogP contribution is -2.52. The van der Waals surface area contributed by atoms with Crippen LogP contribution in [0.1, 0.15) is 49.7 Å². The average Bonchev–Trinajstić information content (AvgIpc) is 2.47. The van der Waals surface area contributed by atoms with Gasteiger partial charge in [-0.15, -0.1) is 0 Å². The van der Waals surface area contributed by atoms with Crippen LogP contribution in [0.3, 0.4) is 0 Å². The molecule has 3 aliphatic carbocycles. The van der Waals surface area contributed by atoms with Crippen LogP contribution in [0.2, 0.25) is 0 Å². The van der Waals surface area contributed by atoms with E-state index < -0.39 is 0 Å². The van der Waals surface area contributed by atoms with E-state index in [0.29, 0.717) is 6.04 Å². The fourth-order valence-corrected chi connectivity index (χ4v) is 5.07. The number of nitrogens with zero attached hydrogens (tertiary/aromatic N) is 1. The van der Waals surface area contributed by atoms with Gasteiger partial charge in [-0.3, -0.25) is 0 Å².